The SMILES string of the molecule is CCC1CCCC(c2ncc(CNC(C)(C)C)cn2)C1. The second-order valence-electron chi connectivity index (χ2n) is 7.19. The number of nitrogens with one attached hydrogen (secondary N) is 1. The first kappa shape index (κ1) is 15.4. The van der Waals surface area contributed by atoms with Crippen molar-refractivity contribution in [3.63, 3.8) is 0 Å². The Hall–Kier alpha value is -0.960. The van der Waals surface area contributed by atoms with E-state index < -0.39 is 0 Å². The van der Waals surface area contributed by atoms with Gasteiger partial charge in [-0.25, -0.2) is 9.97 Å². The summed E-state index contributed by atoms with van der Waals surface area (Å²) in [6, 6.07) is 0. The third-order valence-electron chi connectivity index (χ3n) is 4.27. The summed E-state index contributed by atoms with van der Waals surface area (Å²) in [5, 5.41) is 3.47. The van der Waals surface area contributed by atoms with Crippen LogP contribution >= 0.6 is 0 Å². The van der Waals surface area contributed by atoms with Crippen LogP contribution in [0.5, 0.6) is 0 Å². The number of hydrogen-bond acceptors (Lipinski definition) is 3. The Kier molecular flexibility index (Phi) is 5.14. The molecule has 1 N–H and O–H groups in total. The van der Waals surface area contributed by atoms with Gasteiger partial charge in [-0.15, -0.1) is 0 Å². The third-order valence-corrected chi connectivity index (χ3v) is 4.27. The van der Waals surface area contributed by atoms with Gasteiger partial charge in [-0.05, 0) is 39.5 Å². The van der Waals surface area contributed by atoms with Crippen LogP contribution in [0.1, 0.15) is 77.1 Å². The summed E-state index contributed by atoms with van der Waals surface area (Å²) in [6.07, 6.45) is 10.5. The Balaban J connectivity index is 1.94. The molecule has 1 aliphatic rings. The van der Waals surface area contributed by atoms with Gasteiger partial charge in [-0.2, -0.15) is 0 Å². The van der Waals surface area contributed by atoms with Gasteiger partial charge in [-0.1, -0.05) is 26.2 Å². The minimum absolute atomic E-state index is 0.135. The molecule has 2 atom stereocenters. The molecule has 1 aromatic rings. The highest BCUT2D eigenvalue weighted by Crippen LogP contribution is 2.35. The molecule has 1 heterocycles. The Labute approximate surface area is 123 Å². The number of aromatic nitrogens is 2. The first-order chi connectivity index (χ1) is 9.48. The van der Waals surface area contributed by atoms with E-state index in [0.29, 0.717) is 5.92 Å². The van der Waals surface area contributed by atoms with E-state index in [-0.39, 0.29) is 5.54 Å². The molecule has 3 nitrogen and oxygen atoms in total. The molecule has 1 fully saturated rings. The molecule has 0 radical (unpaired) electrons. The maximum atomic E-state index is 4.62. The summed E-state index contributed by atoms with van der Waals surface area (Å²) in [5.41, 5.74) is 1.31. The summed E-state index contributed by atoms with van der Waals surface area (Å²) < 4.78 is 0. The average Bonchev–Trinajstić information content (AvgIpc) is 2.45. The lowest BCUT2D eigenvalue weighted by Crippen LogP contribution is -2.35. The Morgan fingerprint density at radius 1 is 1.20 bits per heavy atom. The van der Waals surface area contributed by atoms with Crippen molar-refractivity contribution in [1.82, 2.24) is 15.3 Å². The molecule has 1 saturated carbocycles. The molecule has 2 rings (SSSR count). The smallest absolute Gasteiger partial charge is 0.131 e. The van der Waals surface area contributed by atoms with Crippen molar-refractivity contribution in [2.45, 2.75) is 77.8 Å². The van der Waals surface area contributed by atoms with Crippen LogP contribution in [0.4, 0.5) is 0 Å². The highest BCUT2D eigenvalue weighted by atomic mass is 15.0. The first-order valence-corrected chi connectivity index (χ1v) is 8.04. The first-order valence-electron chi connectivity index (χ1n) is 8.04. The molecule has 112 valence electrons. The zero-order valence-corrected chi connectivity index (χ0v) is 13.4. The minimum Gasteiger partial charge on any atom is -0.308 e. The van der Waals surface area contributed by atoms with Crippen LogP contribution in [0.2, 0.25) is 0 Å². The van der Waals surface area contributed by atoms with Gasteiger partial charge in [0.2, 0.25) is 0 Å². The Morgan fingerprint density at radius 2 is 1.90 bits per heavy atom. The summed E-state index contributed by atoms with van der Waals surface area (Å²) >= 11 is 0. The Bertz CT molecular complexity index is 405. The fourth-order valence-corrected chi connectivity index (χ4v) is 2.93. The predicted molar refractivity (Wildman–Crippen MR) is 83.6 cm³/mol. The molecule has 0 aromatic carbocycles. The number of nitrogens with zero attached hydrogens (tertiary/aromatic N) is 2. The molecule has 0 amide bonds. The van der Waals surface area contributed by atoms with Gasteiger partial charge in [0.25, 0.3) is 0 Å². The van der Waals surface area contributed by atoms with E-state index in [0.717, 1.165) is 18.3 Å². The van der Waals surface area contributed by atoms with E-state index in [9.17, 15) is 0 Å². The molecular formula is C17H29N3. The normalized spacial score (nSPS) is 23.8. The molecule has 0 aliphatic heterocycles. The fraction of sp³-hybridized carbons (Fsp3) is 0.765. The fourth-order valence-electron chi connectivity index (χ4n) is 2.93. The van der Waals surface area contributed by atoms with Crippen molar-refractivity contribution in [1.29, 1.82) is 0 Å². The second-order valence-corrected chi connectivity index (χ2v) is 7.19. The van der Waals surface area contributed by atoms with Gasteiger partial charge < -0.3 is 5.32 Å². The quantitative estimate of drug-likeness (QED) is 0.901. The average molecular weight is 275 g/mol. The van der Waals surface area contributed by atoms with Crippen LogP contribution in [0.15, 0.2) is 12.4 Å². The largest absolute Gasteiger partial charge is 0.308 e. The zero-order chi connectivity index (χ0) is 14.6. The lowest BCUT2D eigenvalue weighted by Gasteiger charge is -2.27. The molecule has 2 unspecified atom stereocenters. The van der Waals surface area contributed by atoms with E-state index in [1.807, 2.05) is 12.4 Å². The van der Waals surface area contributed by atoms with Crippen LogP contribution in [0.3, 0.4) is 0 Å². The lowest BCUT2D eigenvalue weighted by molar-refractivity contribution is 0.307. The molecule has 0 spiro atoms. The van der Waals surface area contributed by atoms with Crippen molar-refractivity contribution < 1.29 is 0 Å². The highest BCUT2D eigenvalue weighted by molar-refractivity contribution is 5.08. The topological polar surface area (TPSA) is 37.8 Å². The number of hydrogen-bond donors (Lipinski definition) is 1. The van der Waals surface area contributed by atoms with Crippen molar-refractivity contribution in [2.75, 3.05) is 0 Å². The second kappa shape index (κ2) is 6.66. The van der Waals surface area contributed by atoms with Crippen LogP contribution in [-0.2, 0) is 6.54 Å². The van der Waals surface area contributed by atoms with Gasteiger partial charge in [-0.3, -0.25) is 0 Å². The van der Waals surface area contributed by atoms with Crippen LogP contribution in [-0.4, -0.2) is 15.5 Å². The van der Waals surface area contributed by atoms with Crippen molar-refractivity contribution in [3.8, 4) is 0 Å². The van der Waals surface area contributed by atoms with Crippen LogP contribution in [0.25, 0.3) is 0 Å². The number of rotatable bonds is 4. The molecule has 20 heavy (non-hydrogen) atoms. The van der Waals surface area contributed by atoms with E-state index >= 15 is 0 Å². The van der Waals surface area contributed by atoms with E-state index in [2.05, 4.69) is 43.0 Å². The summed E-state index contributed by atoms with van der Waals surface area (Å²) in [5.74, 6) is 2.51. The van der Waals surface area contributed by atoms with Gasteiger partial charge in [0, 0.05) is 36.0 Å². The van der Waals surface area contributed by atoms with Gasteiger partial charge in [0.15, 0.2) is 0 Å². The molecule has 1 aromatic heterocycles. The molecule has 0 saturated heterocycles. The standard InChI is InChI=1S/C17H29N3/c1-5-13-7-6-8-15(9-13)16-18-10-14(11-19-16)12-20-17(2,3)4/h10-11,13,15,20H,5-9,12H2,1-4H3. The summed E-state index contributed by atoms with van der Waals surface area (Å²) in [6.45, 7) is 9.67. The lowest BCUT2D eigenvalue weighted by atomic mass is 9.80. The molecule has 3 heteroatoms. The maximum absolute atomic E-state index is 4.62. The van der Waals surface area contributed by atoms with Crippen molar-refractivity contribution >= 4 is 0 Å². The van der Waals surface area contributed by atoms with Gasteiger partial charge >= 0.3 is 0 Å². The third kappa shape index (κ3) is 4.55. The van der Waals surface area contributed by atoms with Crippen LogP contribution < -0.4 is 5.32 Å². The molecular weight excluding hydrogens is 246 g/mol. The summed E-state index contributed by atoms with van der Waals surface area (Å²) in [7, 11) is 0. The highest BCUT2D eigenvalue weighted by Gasteiger charge is 2.23. The van der Waals surface area contributed by atoms with Gasteiger partial charge in [0.1, 0.15) is 5.82 Å². The predicted octanol–water partition coefficient (Wildman–Crippen LogP) is 4.05. The Morgan fingerprint density at radius 3 is 2.50 bits per heavy atom. The van der Waals surface area contributed by atoms with E-state index in [1.165, 1.54) is 37.7 Å². The monoisotopic (exact) mass is 275 g/mol. The summed E-state index contributed by atoms with van der Waals surface area (Å²) in [4.78, 5) is 9.24. The molecule has 1 aliphatic carbocycles. The van der Waals surface area contributed by atoms with E-state index in [4.69, 9.17) is 0 Å². The zero-order valence-electron chi connectivity index (χ0n) is 13.4. The van der Waals surface area contributed by atoms with Crippen LogP contribution in [0, 0.1) is 5.92 Å². The van der Waals surface area contributed by atoms with Crippen molar-refractivity contribution in [3.05, 3.63) is 23.8 Å². The van der Waals surface area contributed by atoms with Crippen molar-refractivity contribution in [2.24, 2.45) is 5.92 Å². The minimum atomic E-state index is 0.135. The van der Waals surface area contributed by atoms with E-state index in [1.54, 1.807) is 0 Å². The van der Waals surface area contributed by atoms with Gasteiger partial charge in [0.05, 0.1) is 0 Å². The molecule has 0 bridgehead atoms. The maximum Gasteiger partial charge on any atom is 0.131 e.